The third-order valence-electron chi connectivity index (χ3n) is 2.99. The molecule has 9 heteroatoms. The molecule has 3 rings (SSSR count). The highest BCUT2D eigenvalue weighted by atomic mass is 32.2. The van der Waals surface area contributed by atoms with Gasteiger partial charge in [-0.2, -0.15) is 0 Å². The highest BCUT2D eigenvalue weighted by molar-refractivity contribution is 7.89. The zero-order valence-electron chi connectivity index (χ0n) is 11.2. The standard InChI is InChI=1S/C13H12N4O3S2/c14-9-3-8(5-15-7-9)6-16-22(19,20)10-1-2-11-12(4-10)21-13(18)17-11/h1-5,7,16H,6,14H2,(H,17,18). The van der Waals surface area contributed by atoms with Crippen LogP contribution in [0.1, 0.15) is 5.56 Å². The number of hydrogen-bond donors (Lipinski definition) is 3. The number of rotatable bonds is 4. The van der Waals surface area contributed by atoms with E-state index >= 15 is 0 Å². The van der Waals surface area contributed by atoms with E-state index in [0.717, 1.165) is 11.3 Å². The maximum absolute atomic E-state index is 12.3. The van der Waals surface area contributed by atoms with Crippen LogP contribution in [0.3, 0.4) is 0 Å². The van der Waals surface area contributed by atoms with E-state index in [0.29, 0.717) is 21.5 Å². The number of H-pyrrole nitrogens is 1. The molecule has 0 saturated carbocycles. The molecule has 0 aliphatic carbocycles. The van der Waals surface area contributed by atoms with Gasteiger partial charge in [0.2, 0.25) is 10.0 Å². The van der Waals surface area contributed by atoms with E-state index in [1.165, 1.54) is 18.3 Å². The smallest absolute Gasteiger partial charge is 0.305 e. The van der Waals surface area contributed by atoms with Gasteiger partial charge in [-0.15, -0.1) is 0 Å². The second-order valence-electron chi connectivity index (χ2n) is 4.62. The average molecular weight is 336 g/mol. The van der Waals surface area contributed by atoms with Gasteiger partial charge in [0.05, 0.1) is 20.8 Å². The highest BCUT2D eigenvalue weighted by Crippen LogP contribution is 2.19. The molecule has 4 N–H and O–H groups in total. The Hall–Kier alpha value is -2.23. The number of aromatic amines is 1. The number of hydrogen-bond acceptors (Lipinski definition) is 6. The van der Waals surface area contributed by atoms with E-state index in [9.17, 15) is 13.2 Å². The summed E-state index contributed by atoms with van der Waals surface area (Å²) in [6, 6.07) is 6.14. The number of nitrogens with two attached hydrogens (primary N) is 1. The monoisotopic (exact) mass is 336 g/mol. The van der Waals surface area contributed by atoms with Gasteiger partial charge < -0.3 is 10.7 Å². The summed E-state index contributed by atoms with van der Waals surface area (Å²) in [6.07, 6.45) is 3.03. The van der Waals surface area contributed by atoms with Crippen LogP contribution < -0.4 is 15.3 Å². The Bertz CT molecular complexity index is 992. The molecule has 7 nitrogen and oxygen atoms in total. The highest BCUT2D eigenvalue weighted by Gasteiger charge is 2.15. The number of sulfonamides is 1. The van der Waals surface area contributed by atoms with Crippen molar-refractivity contribution in [3.63, 3.8) is 0 Å². The Morgan fingerprint density at radius 2 is 2.09 bits per heavy atom. The van der Waals surface area contributed by atoms with Crippen molar-refractivity contribution >= 4 is 37.3 Å². The van der Waals surface area contributed by atoms with Gasteiger partial charge in [-0.25, -0.2) is 13.1 Å². The van der Waals surface area contributed by atoms with Gasteiger partial charge in [-0.1, -0.05) is 11.3 Å². The third-order valence-corrected chi connectivity index (χ3v) is 5.23. The van der Waals surface area contributed by atoms with E-state index in [4.69, 9.17) is 5.73 Å². The fourth-order valence-corrected chi connectivity index (χ4v) is 3.85. The molecule has 0 atom stereocenters. The van der Waals surface area contributed by atoms with Crippen LogP contribution in [0, 0.1) is 0 Å². The van der Waals surface area contributed by atoms with Crippen molar-refractivity contribution in [1.82, 2.24) is 14.7 Å². The predicted molar refractivity (Wildman–Crippen MR) is 85.1 cm³/mol. The second kappa shape index (κ2) is 5.52. The van der Waals surface area contributed by atoms with Crippen molar-refractivity contribution < 1.29 is 8.42 Å². The van der Waals surface area contributed by atoms with E-state index in [1.54, 1.807) is 18.3 Å². The summed E-state index contributed by atoms with van der Waals surface area (Å²) in [4.78, 5) is 17.7. The zero-order chi connectivity index (χ0) is 15.7. The fraction of sp³-hybridized carbons (Fsp3) is 0.0769. The molecule has 114 valence electrons. The van der Waals surface area contributed by atoms with E-state index in [-0.39, 0.29) is 16.3 Å². The zero-order valence-corrected chi connectivity index (χ0v) is 12.9. The van der Waals surface area contributed by atoms with E-state index in [1.807, 2.05) is 0 Å². The summed E-state index contributed by atoms with van der Waals surface area (Å²) in [5, 5.41) is 0. The molecule has 0 fully saturated rings. The molecule has 3 aromatic rings. The molecule has 0 amide bonds. The maximum Gasteiger partial charge on any atom is 0.305 e. The molecule has 0 unspecified atom stereocenters. The van der Waals surface area contributed by atoms with E-state index < -0.39 is 10.0 Å². The fourth-order valence-electron chi connectivity index (χ4n) is 1.96. The Balaban J connectivity index is 1.86. The number of fused-ring (bicyclic) bond motifs is 1. The number of pyridine rings is 1. The Kier molecular flexibility index (Phi) is 3.69. The topological polar surface area (TPSA) is 118 Å². The number of anilines is 1. The van der Waals surface area contributed by atoms with Crippen molar-refractivity contribution in [2.45, 2.75) is 11.4 Å². The number of aromatic nitrogens is 2. The molecule has 22 heavy (non-hydrogen) atoms. The first kappa shape index (κ1) is 14.7. The van der Waals surface area contributed by atoms with Crippen LogP contribution in [-0.2, 0) is 16.6 Å². The van der Waals surface area contributed by atoms with Crippen molar-refractivity contribution in [3.8, 4) is 0 Å². The number of nitrogen functional groups attached to an aromatic ring is 1. The van der Waals surface area contributed by atoms with Crippen LogP contribution in [0.2, 0.25) is 0 Å². The van der Waals surface area contributed by atoms with Crippen molar-refractivity contribution in [2.24, 2.45) is 0 Å². The Morgan fingerprint density at radius 3 is 2.86 bits per heavy atom. The SMILES string of the molecule is Nc1cncc(CNS(=O)(=O)c2ccc3[nH]c(=O)sc3c2)c1. The number of thiazole rings is 1. The largest absolute Gasteiger partial charge is 0.397 e. The van der Waals surface area contributed by atoms with Crippen LogP contribution in [0.25, 0.3) is 10.2 Å². The molecule has 0 aliphatic rings. The van der Waals surface area contributed by atoms with Gasteiger partial charge in [0.25, 0.3) is 0 Å². The molecule has 0 aliphatic heterocycles. The summed E-state index contributed by atoms with van der Waals surface area (Å²) in [6.45, 7) is 0.0851. The van der Waals surface area contributed by atoms with Crippen LogP contribution in [0.15, 0.2) is 46.3 Å². The maximum atomic E-state index is 12.3. The number of nitrogens with zero attached hydrogens (tertiary/aromatic N) is 1. The summed E-state index contributed by atoms with van der Waals surface area (Å²) in [7, 11) is -3.68. The number of nitrogens with one attached hydrogen (secondary N) is 2. The Morgan fingerprint density at radius 1 is 1.27 bits per heavy atom. The minimum atomic E-state index is -3.68. The first-order chi connectivity index (χ1) is 10.4. The van der Waals surface area contributed by atoms with Crippen LogP contribution >= 0.6 is 11.3 Å². The minimum Gasteiger partial charge on any atom is -0.397 e. The van der Waals surface area contributed by atoms with Crippen molar-refractivity contribution in [2.75, 3.05) is 5.73 Å². The molecule has 0 saturated heterocycles. The first-order valence-corrected chi connectivity index (χ1v) is 8.56. The predicted octanol–water partition coefficient (Wildman–Crippen LogP) is 1.05. The van der Waals surface area contributed by atoms with Gasteiger partial charge in [0.15, 0.2) is 0 Å². The van der Waals surface area contributed by atoms with Crippen LogP contribution in [0.4, 0.5) is 5.69 Å². The van der Waals surface area contributed by atoms with Gasteiger partial charge >= 0.3 is 4.87 Å². The summed E-state index contributed by atoms with van der Waals surface area (Å²) < 4.78 is 27.7. The third kappa shape index (κ3) is 3.01. The minimum absolute atomic E-state index is 0.0851. The average Bonchev–Trinajstić information content (AvgIpc) is 2.84. The van der Waals surface area contributed by atoms with Crippen LogP contribution in [-0.4, -0.2) is 18.4 Å². The molecule has 2 aromatic heterocycles. The summed E-state index contributed by atoms with van der Waals surface area (Å²) in [5.41, 5.74) is 7.35. The molecule has 2 heterocycles. The normalized spacial score (nSPS) is 11.8. The summed E-state index contributed by atoms with van der Waals surface area (Å²) in [5.74, 6) is 0. The van der Waals surface area contributed by atoms with Gasteiger partial charge in [-0.3, -0.25) is 9.78 Å². The second-order valence-corrected chi connectivity index (χ2v) is 7.41. The molecule has 0 spiro atoms. The molecule has 0 radical (unpaired) electrons. The quantitative estimate of drug-likeness (QED) is 0.658. The summed E-state index contributed by atoms with van der Waals surface area (Å²) >= 11 is 0.969. The molecular formula is C13H12N4O3S2. The molecule has 1 aromatic carbocycles. The van der Waals surface area contributed by atoms with Crippen molar-refractivity contribution in [1.29, 1.82) is 0 Å². The number of benzene rings is 1. The van der Waals surface area contributed by atoms with Crippen molar-refractivity contribution in [3.05, 3.63) is 51.9 Å². The van der Waals surface area contributed by atoms with Gasteiger partial charge in [0.1, 0.15) is 0 Å². The van der Waals surface area contributed by atoms with Gasteiger partial charge in [0, 0.05) is 18.9 Å². The molecule has 0 bridgehead atoms. The lowest BCUT2D eigenvalue weighted by atomic mass is 10.3. The Labute approximate surface area is 129 Å². The lowest BCUT2D eigenvalue weighted by molar-refractivity contribution is 0.581. The first-order valence-electron chi connectivity index (χ1n) is 6.26. The lowest BCUT2D eigenvalue weighted by Crippen LogP contribution is -2.23. The van der Waals surface area contributed by atoms with Gasteiger partial charge in [-0.05, 0) is 29.8 Å². The molecular weight excluding hydrogens is 324 g/mol. The van der Waals surface area contributed by atoms with Crippen LogP contribution in [0.5, 0.6) is 0 Å². The van der Waals surface area contributed by atoms with E-state index in [2.05, 4.69) is 14.7 Å². The lowest BCUT2D eigenvalue weighted by Gasteiger charge is -2.07.